The van der Waals surface area contributed by atoms with Crippen molar-refractivity contribution in [2.24, 2.45) is 5.10 Å². The molecule has 3 aromatic heterocycles. The Morgan fingerprint density at radius 1 is 1.12 bits per heavy atom. The molecule has 0 radical (unpaired) electrons. The van der Waals surface area contributed by atoms with Crippen LogP contribution >= 0.6 is 22.7 Å². The van der Waals surface area contributed by atoms with Crippen LogP contribution in [0.25, 0.3) is 27.5 Å². The average Bonchev–Trinajstić information content (AvgIpc) is 3.54. The summed E-state index contributed by atoms with van der Waals surface area (Å²) in [4.78, 5) is 20.5. The van der Waals surface area contributed by atoms with Gasteiger partial charge < -0.3 is 4.74 Å². The van der Waals surface area contributed by atoms with Gasteiger partial charge in [0.25, 0.3) is 5.69 Å². The number of non-ortho nitro benzene ring substituents is 1. The van der Waals surface area contributed by atoms with E-state index in [0.29, 0.717) is 10.8 Å². The highest BCUT2D eigenvalue weighted by molar-refractivity contribution is 7.16. The predicted molar refractivity (Wildman–Crippen MR) is 133 cm³/mol. The minimum Gasteiger partial charge on any atom is -0.497 e. The molecule has 0 amide bonds. The SMILES string of the molecule is COc1ccc(-c2nc3sc(C)nn3c2/C=N/Nc2nc(-c3ccc([N+](=O)[O-])cc3)cs2)cc1. The van der Waals surface area contributed by atoms with Gasteiger partial charge >= 0.3 is 0 Å². The molecule has 0 aliphatic heterocycles. The van der Waals surface area contributed by atoms with Crippen LogP contribution in [0, 0.1) is 17.0 Å². The second kappa shape index (κ2) is 9.00. The van der Waals surface area contributed by atoms with Gasteiger partial charge in [0.2, 0.25) is 10.1 Å². The first-order chi connectivity index (χ1) is 16.5. The first kappa shape index (κ1) is 21.7. The van der Waals surface area contributed by atoms with Crippen molar-refractivity contribution in [3.8, 4) is 28.3 Å². The molecule has 5 aromatic rings. The number of aryl methyl sites for hydroxylation is 1. The maximum Gasteiger partial charge on any atom is 0.269 e. The number of nitrogens with zero attached hydrogens (tertiary/aromatic N) is 6. The number of hydrazone groups is 1. The van der Waals surface area contributed by atoms with Crippen LogP contribution in [0.4, 0.5) is 10.8 Å². The van der Waals surface area contributed by atoms with Crippen molar-refractivity contribution in [3.05, 3.63) is 74.7 Å². The number of nitro groups is 1. The number of ether oxygens (including phenoxy) is 1. The topological polar surface area (TPSA) is 120 Å². The molecule has 5 rings (SSSR count). The zero-order chi connectivity index (χ0) is 23.7. The van der Waals surface area contributed by atoms with Gasteiger partial charge in [0.1, 0.15) is 22.1 Å². The van der Waals surface area contributed by atoms with E-state index in [1.807, 2.05) is 36.6 Å². The van der Waals surface area contributed by atoms with Crippen LogP contribution in [-0.2, 0) is 0 Å². The molecule has 0 atom stereocenters. The number of hydrogen-bond donors (Lipinski definition) is 1. The number of hydrogen-bond acceptors (Lipinski definition) is 10. The van der Waals surface area contributed by atoms with Gasteiger partial charge in [0, 0.05) is 28.6 Å². The van der Waals surface area contributed by atoms with Gasteiger partial charge in [-0.1, -0.05) is 11.3 Å². The first-order valence-corrected chi connectivity index (χ1v) is 11.7. The number of benzene rings is 2. The van der Waals surface area contributed by atoms with Gasteiger partial charge in [-0.3, -0.25) is 15.5 Å². The smallest absolute Gasteiger partial charge is 0.269 e. The van der Waals surface area contributed by atoms with Crippen LogP contribution in [0.2, 0.25) is 0 Å². The third-order valence-corrected chi connectivity index (χ3v) is 6.50. The van der Waals surface area contributed by atoms with Crippen LogP contribution in [-0.4, -0.2) is 37.8 Å². The normalized spacial score (nSPS) is 11.4. The Bertz CT molecular complexity index is 1500. The highest BCUT2D eigenvalue weighted by atomic mass is 32.1. The fourth-order valence-corrected chi connectivity index (χ4v) is 4.71. The van der Waals surface area contributed by atoms with E-state index in [4.69, 9.17) is 9.72 Å². The summed E-state index contributed by atoms with van der Waals surface area (Å²) in [5.41, 5.74) is 6.92. The molecule has 0 unspecified atom stereocenters. The molecular weight excluding hydrogens is 474 g/mol. The highest BCUT2D eigenvalue weighted by Crippen LogP contribution is 2.29. The summed E-state index contributed by atoms with van der Waals surface area (Å²) in [6.07, 6.45) is 1.67. The van der Waals surface area contributed by atoms with Gasteiger partial charge in [-0.15, -0.1) is 11.3 Å². The molecule has 0 saturated carbocycles. The summed E-state index contributed by atoms with van der Waals surface area (Å²) in [5, 5.41) is 23.1. The first-order valence-electron chi connectivity index (χ1n) is 10.0. The molecule has 2 aromatic carbocycles. The van der Waals surface area contributed by atoms with Crippen molar-refractivity contribution in [1.29, 1.82) is 0 Å². The lowest BCUT2D eigenvalue weighted by atomic mass is 10.1. The number of anilines is 1. The molecule has 0 spiro atoms. The van der Waals surface area contributed by atoms with E-state index in [1.54, 1.807) is 30.0 Å². The zero-order valence-electron chi connectivity index (χ0n) is 18.0. The number of rotatable bonds is 7. The van der Waals surface area contributed by atoms with E-state index in [1.165, 1.54) is 34.8 Å². The number of nitro benzene ring substituents is 1. The van der Waals surface area contributed by atoms with Crippen molar-refractivity contribution in [3.63, 3.8) is 0 Å². The lowest BCUT2D eigenvalue weighted by molar-refractivity contribution is -0.384. The number of nitrogens with one attached hydrogen (secondary N) is 1. The summed E-state index contributed by atoms with van der Waals surface area (Å²) in [6, 6.07) is 13.9. The minimum absolute atomic E-state index is 0.0407. The fourth-order valence-electron chi connectivity index (χ4n) is 3.30. The van der Waals surface area contributed by atoms with Crippen LogP contribution < -0.4 is 10.2 Å². The Hall–Kier alpha value is -4.16. The maximum atomic E-state index is 10.8. The van der Waals surface area contributed by atoms with E-state index >= 15 is 0 Å². The Morgan fingerprint density at radius 3 is 2.56 bits per heavy atom. The molecule has 0 bridgehead atoms. The largest absolute Gasteiger partial charge is 0.497 e. The average molecular weight is 492 g/mol. The van der Waals surface area contributed by atoms with E-state index in [2.05, 4.69) is 20.6 Å². The van der Waals surface area contributed by atoms with Crippen LogP contribution in [0.5, 0.6) is 5.75 Å². The van der Waals surface area contributed by atoms with Crippen molar-refractivity contribution in [2.45, 2.75) is 6.92 Å². The number of methoxy groups -OCH3 is 1. The molecule has 10 nitrogen and oxygen atoms in total. The van der Waals surface area contributed by atoms with Crippen molar-refractivity contribution >= 4 is 44.7 Å². The molecule has 12 heteroatoms. The number of aromatic nitrogens is 4. The lowest BCUT2D eigenvalue weighted by Gasteiger charge is -2.02. The van der Waals surface area contributed by atoms with Gasteiger partial charge in [-0.2, -0.15) is 10.2 Å². The molecule has 0 aliphatic carbocycles. The Kier molecular flexibility index (Phi) is 5.74. The summed E-state index contributed by atoms with van der Waals surface area (Å²) >= 11 is 2.89. The molecule has 34 heavy (non-hydrogen) atoms. The number of thiazole rings is 1. The van der Waals surface area contributed by atoms with Gasteiger partial charge in [-0.25, -0.2) is 14.5 Å². The fraction of sp³-hybridized carbons (Fsp3) is 0.0909. The van der Waals surface area contributed by atoms with E-state index in [0.717, 1.165) is 38.2 Å². The Labute approximate surface area is 201 Å². The van der Waals surface area contributed by atoms with Gasteiger partial charge in [-0.05, 0) is 43.3 Å². The summed E-state index contributed by atoms with van der Waals surface area (Å²) in [7, 11) is 1.63. The van der Waals surface area contributed by atoms with Crippen molar-refractivity contribution in [2.75, 3.05) is 12.5 Å². The molecular formula is C22H17N7O3S2. The monoisotopic (exact) mass is 491 g/mol. The zero-order valence-corrected chi connectivity index (χ0v) is 19.6. The standard InChI is InChI=1S/C22H17N7O3S2/c1-13-27-28-19(20(25-22(28)34-13)15-5-9-17(32-2)10-6-15)11-23-26-21-24-18(12-33-21)14-3-7-16(8-4-14)29(30)31/h3-12H,1-2H3,(H,24,26)/b23-11+. The van der Waals surface area contributed by atoms with E-state index in [9.17, 15) is 10.1 Å². The van der Waals surface area contributed by atoms with E-state index < -0.39 is 4.92 Å². The molecule has 0 aliphatic rings. The second-order valence-corrected chi connectivity index (χ2v) is 9.12. The van der Waals surface area contributed by atoms with Crippen LogP contribution in [0.1, 0.15) is 10.7 Å². The summed E-state index contributed by atoms with van der Waals surface area (Å²) in [6.45, 7) is 1.93. The number of imidazole rings is 1. The lowest BCUT2D eigenvalue weighted by Crippen LogP contribution is -1.97. The number of fused-ring (bicyclic) bond motifs is 1. The molecule has 1 N–H and O–H groups in total. The molecule has 170 valence electrons. The highest BCUT2D eigenvalue weighted by Gasteiger charge is 2.16. The van der Waals surface area contributed by atoms with Crippen LogP contribution in [0.3, 0.4) is 0 Å². The van der Waals surface area contributed by atoms with E-state index in [-0.39, 0.29) is 5.69 Å². The summed E-state index contributed by atoms with van der Waals surface area (Å²) < 4.78 is 7.02. The predicted octanol–water partition coefficient (Wildman–Crippen LogP) is 5.25. The quantitative estimate of drug-likeness (QED) is 0.187. The molecule has 0 fully saturated rings. The van der Waals surface area contributed by atoms with Gasteiger partial charge in [0.15, 0.2) is 0 Å². The minimum atomic E-state index is -0.427. The second-order valence-electron chi connectivity index (χ2n) is 7.10. The van der Waals surface area contributed by atoms with Crippen molar-refractivity contribution < 1.29 is 9.66 Å². The molecule has 0 saturated heterocycles. The van der Waals surface area contributed by atoms with Crippen LogP contribution in [0.15, 0.2) is 59.0 Å². The van der Waals surface area contributed by atoms with Crippen molar-refractivity contribution in [1.82, 2.24) is 19.6 Å². The Balaban J connectivity index is 1.39. The third-order valence-electron chi connectivity index (χ3n) is 4.93. The van der Waals surface area contributed by atoms with Gasteiger partial charge in [0.05, 0.1) is 23.9 Å². The molecule has 3 heterocycles. The summed E-state index contributed by atoms with van der Waals surface area (Å²) in [5.74, 6) is 0.767. The Morgan fingerprint density at radius 2 is 1.85 bits per heavy atom. The third kappa shape index (κ3) is 4.23. The maximum absolute atomic E-state index is 10.8.